The first-order chi connectivity index (χ1) is 9.45. The van der Waals surface area contributed by atoms with Gasteiger partial charge in [-0.15, -0.1) is 0 Å². The third-order valence-corrected chi connectivity index (χ3v) is 2.59. The van der Waals surface area contributed by atoms with E-state index in [0.29, 0.717) is 38.6 Å². The van der Waals surface area contributed by atoms with Crippen molar-refractivity contribution in [1.29, 1.82) is 0 Å². The zero-order valence-electron chi connectivity index (χ0n) is 13.1. The molecule has 20 heavy (non-hydrogen) atoms. The number of ether oxygens (including phenoxy) is 2. The first-order valence-corrected chi connectivity index (χ1v) is 7.21. The van der Waals surface area contributed by atoms with Crippen LogP contribution >= 0.6 is 0 Å². The normalized spacial score (nSPS) is 14.3. The van der Waals surface area contributed by atoms with Gasteiger partial charge in [-0.1, -0.05) is 13.8 Å². The van der Waals surface area contributed by atoms with Gasteiger partial charge in [0, 0.05) is 33.2 Å². The summed E-state index contributed by atoms with van der Waals surface area (Å²) in [5.41, 5.74) is 0. The summed E-state index contributed by atoms with van der Waals surface area (Å²) in [4.78, 5) is 11.4. The van der Waals surface area contributed by atoms with Gasteiger partial charge in [0.2, 0.25) is 5.91 Å². The first-order valence-electron chi connectivity index (χ1n) is 7.21. The van der Waals surface area contributed by atoms with E-state index >= 15 is 0 Å². The Kier molecular flexibility index (Phi) is 11.7. The number of carbonyl (C=O) groups excluding carboxylic acids is 1. The van der Waals surface area contributed by atoms with Gasteiger partial charge in [-0.2, -0.15) is 0 Å². The van der Waals surface area contributed by atoms with E-state index in [4.69, 9.17) is 9.47 Å². The summed E-state index contributed by atoms with van der Waals surface area (Å²) in [5, 5.41) is 15.6. The third kappa shape index (κ3) is 12.3. The summed E-state index contributed by atoms with van der Waals surface area (Å²) in [6.07, 6.45) is -0.190. The highest BCUT2D eigenvalue weighted by atomic mass is 16.5. The lowest BCUT2D eigenvalue weighted by atomic mass is 10.2. The summed E-state index contributed by atoms with van der Waals surface area (Å²) in [5.74, 6) is 0.491. The zero-order valence-corrected chi connectivity index (χ0v) is 13.1. The molecule has 0 heterocycles. The Morgan fingerprint density at radius 1 is 1.20 bits per heavy atom. The summed E-state index contributed by atoms with van der Waals surface area (Å²) in [6, 6.07) is 0. The molecule has 0 saturated carbocycles. The predicted octanol–water partition coefficient (Wildman–Crippen LogP) is 0.151. The van der Waals surface area contributed by atoms with Crippen LogP contribution in [0.15, 0.2) is 0 Å². The molecular weight excluding hydrogens is 260 g/mol. The van der Waals surface area contributed by atoms with Gasteiger partial charge in [-0.25, -0.2) is 0 Å². The summed E-state index contributed by atoms with van der Waals surface area (Å²) in [6.45, 7) is 8.44. The van der Waals surface area contributed by atoms with Crippen LogP contribution in [0.3, 0.4) is 0 Å². The van der Waals surface area contributed by atoms with E-state index in [2.05, 4.69) is 24.5 Å². The van der Waals surface area contributed by atoms with E-state index in [-0.39, 0.29) is 18.6 Å². The molecule has 1 amide bonds. The number of aliphatic hydroxyl groups excluding tert-OH is 1. The molecule has 0 aliphatic heterocycles. The maximum Gasteiger partial charge on any atom is 0.221 e. The molecule has 6 nitrogen and oxygen atoms in total. The van der Waals surface area contributed by atoms with Crippen molar-refractivity contribution in [3.05, 3.63) is 0 Å². The molecular formula is C14H30N2O4. The number of rotatable bonds is 12. The minimum Gasteiger partial charge on any atom is -0.389 e. The van der Waals surface area contributed by atoms with Crippen LogP contribution in [-0.2, 0) is 14.3 Å². The van der Waals surface area contributed by atoms with Gasteiger partial charge >= 0.3 is 0 Å². The highest BCUT2D eigenvalue weighted by Crippen LogP contribution is 1.93. The molecule has 2 unspecified atom stereocenters. The van der Waals surface area contributed by atoms with Crippen molar-refractivity contribution < 1.29 is 19.4 Å². The predicted molar refractivity (Wildman–Crippen MR) is 78.6 cm³/mol. The van der Waals surface area contributed by atoms with Crippen molar-refractivity contribution in [2.75, 3.05) is 40.0 Å². The summed E-state index contributed by atoms with van der Waals surface area (Å²) in [7, 11) is 1.61. The van der Waals surface area contributed by atoms with Crippen LogP contribution < -0.4 is 10.6 Å². The lowest BCUT2D eigenvalue weighted by Gasteiger charge is -2.16. The van der Waals surface area contributed by atoms with Crippen LogP contribution in [0.1, 0.15) is 27.2 Å². The molecule has 0 spiro atoms. The molecule has 0 radical (unpaired) electrons. The number of hydrogen-bond acceptors (Lipinski definition) is 5. The minimum absolute atomic E-state index is 0.0311. The van der Waals surface area contributed by atoms with Crippen LogP contribution in [0.25, 0.3) is 0 Å². The molecule has 0 aromatic rings. The number of nitrogens with one attached hydrogen (secondary N) is 2. The molecule has 0 aliphatic carbocycles. The number of aliphatic hydroxyl groups is 1. The molecule has 0 fully saturated rings. The first kappa shape index (κ1) is 19.3. The molecule has 2 atom stereocenters. The highest BCUT2D eigenvalue weighted by molar-refractivity contribution is 5.76. The second kappa shape index (κ2) is 12.1. The Hall–Kier alpha value is -0.690. The fourth-order valence-electron chi connectivity index (χ4n) is 1.49. The van der Waals surface area contributed by atoms with Crippen LogP contribution in [0, 0.1) is 5.92 Å². The van der Waals surface area contributed by atoms with Gasteiger partial charge in [0.15, 0.2) is 0 Å². The molecule has 0 saturated heterocycles. The molecule has 0 aromatic heterocycles. The molecule has 6 heteroatoms. The Morgan fingerprint density at radius 3 is 2.50 bits per heavy atom. The highest BCUT2D eigenvalue weighted by Gasteiger charge is 2.08. The quantitative estimate of drug-likeness (QED) is 0.446. The van der Waals surface area contributed by atoms with Crippen molar-refractivity contribution in [2.24, 2.45) is 5.92 Å². The smallest absolute Gasteiger partial charge is 0.221 e. The van der Waals surface area contributed by atoms with Gasteiger partial charge in [0.05, 0.1) is 25.4 Å². The Labute approximate surface area is 122 Å². The second-order valence-corrected chi connectivity index (χ2v) is 5.41. The average molecular weight is 290 g/mol. The van der Waals surface area contributed by atoms with Gasteiger partial charge in [-0.05, 0) is 12.8 Å². The van der Waals surface area contributed by atoms with Gasteiger partial charge in [0.25, 0.3) is 0 Å². The number of amides is 1. The van der Waals surface area contributed by atoms with Crippen molar-refractivity contribution >= 4 is 5.91 Å². The summed E-state index contributed by atoms with van der Waals surface area (Å²) < 4.78 is 10.3. The maximum atomic E-state index is 11.4. The zero-order chi connectivity index (χ0) is 15.4. The third-order valence-electron chi connectivity index (χ3n) is 2.59. The Morgan fingerprint density at radius 2 is 1.90 bits per heavy atom. The molecule has 3 N–H and O–H groups in total. The van der Waals surface area contributed by atoms with Crippen LogP contribution in [-0.4, -0.2) is 63.2 Å². The maximum absolute atomic E-state index is 11.4. The van der Waals surface area contributed by atoms with E-state index in [1.165, 1.54) is 0 Å². The summed E-state index contributed by atoms with van der Waals surface area (Å²) >= 11 is 0. The second-order valence-electron chi connectivity index (χ2n) is 5.41. The van der Waals surface area contributed by atoms with E-state index in [9.17, 15) is 9.90 Å². The monoisotopic (exact) mass is 290 g/mol. The number of carbonyl (C=O) groups is 1. The molecule has 120 valence electrons. The van der Waals surface area contributed by atoms with Crippen molar-refractivity contribution in [3.63, 3.8) is 0 Å². The number of methoxy groups -OCH3 is 1. The van der Waals surface area contributed by atoms with Crippen LogP contribution in [0.5, 0.6) is 0 Å². The van der Waals surface area contributed by atoms with Crippen LogP contribution in [0.4, 0.5) is 0 Å². The fourth-order valence-corrected chi connectivity index (χ4v) is 1.49. The Bertz CT molecular complexity index is 249. The molecule has 0 rings (SSSR count). The SMILES string of the molecule is COCC(C)OCC(O)CNCCC(=O)NCC(C)C. The average Bonchev–Trinajstić information content (AvgIpc) is 2.39. The standard InChI is InChI=1S/C14H30N2O4/c1-11(2)7-16-14(18)5-6-15-8-13(17)10-20-12(3)9-19-4/h11-13,15,17H,5-10H2,1-4H3,(H,16,18). The van der Waals surface area contributed by atoms with Crippen molar-refractivity contribution in [1.82, 2.24) is 10.6 Å². The van der Waals surface area contributed by atoms with Crippen molar-refractivity contribution in [3.8, 4) is 0 Å². The van der Waals surface area contributed by atoms with Crippen molar-refractivity contribution in [2.45, 2.75) is 39.4 Å². The van der Waals surface area contributed by atoms with Gasteiger partial charge in [0.1, 0.15) is 0 Å². The van der Waals surface area contributed by atoms with Crippen LogP contribution in [0.2, 0.25) is 0 Å². The van der Waals surface area contributed by atoms with Gasteiger partial charge < -0.3 is 25.2 Å². The fraction of sp³-hybridized carbons (Fsp3) is 0.929. The number of hydrogen-bond donors (Lipinski definition) is 3. The minimum atomic E-state index is -0.576. The topological polar surface area (TPSA) is 79.8 Å². The van der Waals surface area contributed by atoms with E-state index in [1.807, 2.05) is 6.92 Å². The van der Waals surface area contributed by atoms with E-state index < -0.39 is 6.10 Å². The molecule has 0 bridgehead atoms. The lowest BCUT2D eigenvalue weighted by molar-refractivity contribution is -0.121. The van der Waals surface area contributed by atoms with E-state index in [1.54, 1.807) is 7.11 Å². The largest absolute Gasteiger partial charge is 0.389 e. The van der Waals surface area contributed by atoms with E-state index in [0.717, 1.165) is 0 Å². The molecule has 0 aromatic carbocycles. The molecule has 0 aliphatic rings. The lowest BCUT2D eigenvalue weighted by Crippen LogP contribution is -2.35. The Balaban J connectivity index is 3.47. The van der Waals surface area contributed by atoms with Gasteiger partial charge in [-0.3, -0.25) is 4.79 Å².